The summed E-state index contributed by atoms with van der Waals surface area (Å²) in [5.41, 5.74) is 5.27. The summed E-state index contributed by atoms with van der Waals surface area (Å²) in [6.07, 6.45) is 1.57. The fraction of sp³-hybridized carbons (Fsp3) is 0.462. The first kappa shape index (κ1) is 14.6. The van der Waals surface area contributed by atoms with Crippen molar-refractivity contribution in [2.45, 2.75) is 26.7 Å². The summed E-state index contributed by atoms with van der Waals surface area (Å²) in [5, 5.41) is 12.3. The predicted octanol–water partition coefficient (Wildman–Crippen LogP) is 3.27. The molecule has 4 nitrogen and oxygen atoms in total. The Hall–Kier alpha value is -1.42. The second-order valence-electron chi connectivity index (χ2n) is 4.75. The molecule has 1 aromatic rings. The van der Waals surface area contributed by atoms with Gasteiger partial charge in [-0.25, -0.2) is 0 Å². The van der Waals surface area contributed by atoms with Crippen molar-refractivity contribution in [2.24, 2.45) is 16.3 Å². The summed E-state index contributed by atoms with van der Waals surface area (Å²) in [4.78, 5) is 0. The van der Waals surface area contributed by atoms with E-state index in [1.807, 2.05) is 32.0 Å². The van der Waals surface area contributed by atoms with E-state index in [4.69, 9.17) is 27.3 Å². The van der Waals surface area contributed by atoms with Crippen molar-refractivity contribution < 1.29 is 9.94 Å². The molecule has 0 radical (unpaired) electrons. The van der Waals surface area contributed by atoms with E-state index >= 15 is 0 Å². The molecule has 0 atom stereocenters. The summed E-state index contributed by atoms with van der Waals surface area (Å²) < 4.78 is 5.57. The first-order valence-corrected chi connectivity index (χ1v) is 6.20. The normalized spacial score (nSPS) is 12.5. The Labute approximate surface area is 112 Å². The molecule has 0 bridgehead atoms. The molecule has 0 aliphatic heterocycles. The summed E-state index contributed by atoms with van der Waals surface area (Å²) in [6.45, 7) is 4.40. The van der Waals surface area contributed by atoms with Gasteiger partial charge in [0.2, 0.25) is 0 Å². The van der Waals surface area contributed by atoms with Gasteiger partial charge < -0.3 is 15.7 Å². The van der Waals surface area contributed by atoms with Crippen LogP contribution in [0.5, 0.6) is 5.75 Å². The van der Waals surface area contributed by atoms with Gasteiger partial charge in [-0.2, -0.15) is 0 Å². The highest BCUT2D eigenvalue weighted by atomic mass is 35.5. The Morgan fingerprint density at radius 3 is 2.72 bits per heavy atom. The van der Waals surface area contributed by atoms with Crippen LogP contribution in [0, 0.1) is 5.41 Å². The van der Waals surface area contributed by atoms with Crippen molar-refractivity contribution in [1.82, 2.24) is 0 Å². The van der Waals surface area contributed by atoms with E-state index in [9.17, 15) is 0 Å². The Morgan fingerprint density at radius 1 is 1.44 bits per heavy atom. The quantitative estimate of drug-likeness (QED) is 0.274. The van der Waals surface area contributed by atoms with E-state index in [0.717, 1.165) is 12.8 Å². The maximum Gasteiger partial charge on any atom is 0.144 e. The third-order valence-electron chi connectivity index (χ3n) is 2.84. The molecule has 1 aromatic carbocycles. The number of hydrogen-bond donors (Lipinski definition) is 2. The van der Waals surface area contributed by atoms with Gasteiger partial charge in [-0.1, -0.05) is 42.7 Å². The zero-order chi connectivity index (χ0) is 13.6. The zero-order valence-electron chi connectivity index (χ0n) is 10.7. The molecule has 3 N–H and O–H groups in total. The predicted molar refractivity (Wildman–Crippen MR) is 73.4 cm³/mol. The molecule has 0 fully saturated rings. The Morgan fingerprint density at radius 2 is 2.11 bits per heavy atom. The van der Waals surface area contributed by atoms with E-state index in [-0.39, 0.29) is 11.3 Å². The number of rotatable bonds is 6. The van der Waals surface area contributed by atoms with E-state index < -0.39 is 0 Å². The molecule has 1 rings (SSSR count). The molecule has 0 aliphatic carbocycles. The smallest absolute Gasteiger partial charge is 0.144 e. The van der Waals surface area contributed by atoms with Crippen molar-refractivity contribution in [2.75, 3.05) is 6.61 Å². The van der Waals surface area contributed by atoms with Crippen LogP contribution in [0.2, 0.25) is 5.02 Å². The highest BCUT2D eigenvalue weighted by molar-refractivity contribution is 6.32. The van der Waals surface area contributed by atoms with E-state index in [1.165, 1.54) is 0 Å². The van der Waals surface area contributed by atoms with Crippen LogP contribution in [0.4, 0.5) is 0 Å². The lowest BCUT2D eigenvalue weighted by molar-refractivity contribution is 0.277. The molecule has 0 spiro atoms. The van der Waals surface area contributed by atoms with E-state index in [2.05, 4.69) is 5.16 Å². The van der Waals surface area contributed by atoms with Crippen LogP contribution in [0.1, 0.15) is 26.7 Å². The lowest BCUT2D eigenvalue weighted by atomic mass is 9.87. The van der Waals surface area contributed by atoms with Crippen molar-refractivity contribution >= 4 is 17.4 Å². The van der Waals surface area contributed by atoms with Gasteiger partial charge in [-0.15, -0.1) is 0 Å². The van der Waals surface area contributed by atoms with E-state index in [0.29, 0.717) is 17.4 Å². The molecule has 18 heavy (non-hydrogen) atoms. The molecule has 0 saturated heterocycles. The minimum absolute atomic E-state index is 0.236. The van der Waals surface area contributed by atoms with Gasteiger partial charge in [0, 0.05) is 5.41 Å². The van der Waals surface area contributed by atoms with Crippen molar-refractivity contribution in [3.63, 3.8) is 0 Å². The number of halogens is 1. The summed E-state index contributed by atoms with van der Waals surface area (Å²) in [5.74, 6) is 0.918. The average Bonchev–Trinajstić information content (AvgIpc) is 2.35. The standard InChI is InChI=1S/C13H19ClN2O2/c1-13(2,12(15)16-17)8-5-9-18-11-7-4-3-6-10(11)14/h3-4,6-7,17H,5,8-9H2,1-2H3,(H2,15,16). The van der Waals surface area contributed by atoms with Crippen LogP contribution < -0.4 is 10.5 Å². The average molecular weight is 271 g/mol. The highest BCUT2D eigenvalue weighted by Crippen LogP contribution is 2.25. The van der Waals surface area contributed by atoms with E-state index in [1.54, 1.807) is 6.07 Å². The lowest BCUT2D eigenvalue weighted by Gasteiger charge is -2.22. The fourth-order valence-corrected chi connectivity index (χ4v) is 1.71. The molecular weight excluding hydrogens is 252 g/mol. The number of nitrogens with two attached hydrogens (primary N) is 1. The van der Waals surface area contributed by atoms with Gasteiger partial charge >= 0.3 is 0 Å². The first-order valence-electron chi connectivity index (χ1n) is 5.82. The minimum Gasteiger partial charge on any atom is -0.492 e. The lowest BCUT2D eigenvalue weighted by Crippen LogP contribution is -2.32. The molecule has 0 heterocycles. The van der Waals surface area contributed by atoms with Gasteiger partial charge in [0.25, 0.3) is 0 Å². The molecular formula is C13H19ClN2O2. The Bertz CT molecular complexity index is 419. The number of oxime groups is 1. The largest absolute Gasteiger partial charge is 0.492 e. The molecule has 100 valence electrons. The Kier molecular flexibility index (Phi) is 5.28. The van der Waals surface area contributed by atoms with Gasteiger partial charge in [-0.3, -0.25) is 0 Å². The molecule has 0 aliphatic rings. The fourth-order valence-electron chi connectivity index (χ4n) is 1.52. The monoisotopic (exact) mass is 270 g/mol. The van der Waals surface area contributed by atoms with Crippen molar-refractivity contribution in [3.05, 3.63) is 29.3 Å². The van der Waals surface area contributed by atoms with Crippen LogP contribution in [-0.4, -0.2) is 17.6 Å². The number of nitrogens with zero attached hydrogens (tertiary/aromatic N) is 1. The molecule has 0 saturated carbocycles. The van der Waals surface area contributed by atoms with Gasteiger partial charge in [0.1, 0.15) is 11.6 Å². The number of benzene rings is 1. The van der Waals surface area contributed by atoms with Gasteiger partial charge in [-0.05, 0) is 25.0 Å². The Balaban J connectivity index is 2.38. The molecule has 0 unspecified atom stereocenters. The third-order valence-corrected chi connectivity index (χ3v) is 3.15. The SMILES string of the molecule is CC(C)(CCCOc1ccccc1Cl)C(N)=NO. The van der Waals surface area contributed by atoms with Gasteiger partial charge in [0.05, 0.1) is 11.6 Å². The number of amidine groups is 1. The maximum absolute atomic E-state index is 8.66. The van der Waals surface area contributed by atoms with Crippen molar-refractivity contribution in [1.29, 1.82) is 0 Å². The van der Waals surface area contributed by atoms with Crippen LogP contribution in [0.25, 0.3) is 0 Å². The maximum atomic E-state index is 8.66. The van der Waals surface area contributed by atoms with Crippen LogP contribution in [-0.2, 0) is 0 Å². The minimum atomic E-state index is -0.335. The number of para-hydroxylation sites is 1. The molecule has 0 aromatic heterocycles. The third kappa shape index (κ3) is 4.11. The topological polar surface area (TPSA) is 67.8 Å². The van der Waals surface area contributed by atoms with Gasteiger partial charge in [0.15, 0.2) is 0 Å². The first-order chi connectivity index (χ1) is 8.47. The number of hydrogen-bond acceptors (Lipinski definition) is 3. The summed E-state index contributed by atoms with van der Waals surface area (Å²) in [6, 6.07) is 7.35. The number of ether oxygens (including phenoxy) is 1. The molecule has 0 amide bonds. The second-order valence-corrected chi connectivity index (χ2v) is 5.16. The molecule has 5 heteroatoms. The zero-order valence-corrected chi connectivity index (χ0v) is 11.4. The van der Waals surface area contributed by atoms with Crippen molar-refractivity contribution in [3.8, 4) is 5.75 Å². The highest BCUT2D eigenvalue weighted by Gasteiger charge is 2.22. The van der Waals surface area contributed by atoms with Crippen LogP contribution in [0.3, 0.4) is 0 Å². The second kappa shape index (κ2) is 6.50. The summed E-state index contributed by atoms with van der Waals surface area (Å²) >= 11 is 5.97. The van der Waals surface area contributed by atoms with Crippen LogP contribution in [0.15, 0.2) is 29.4 Å². The van der Waals surface area contributed by atoms with Crippen LogP contribution >= 0.6 is 11.6 Å². The summed E-state index contributed by atoms with van der Waals surface area (Å²) in [7, 11) is 0.